The number of urea groups is 1. The smallest absolute Gasteiger partial charge is 0.319 e. The molecule has 3 heterocycles. The molecule has 3 aromatic rings. The Balaban J connectivity index is 1.29. The maximum atomic E-state index is 12.6. The zero-order valence-corrected chi connectivity index (χ0v) is 23.5. The van der Waals surface area contributed by atoms with Crippen LogP contribution in [-0.2, 0) is 15.9 Å². The van der Waals surface area contributed by atoms with Crippen LogP contribution in [0.2, 0.25) is 0 Å². The van der Waals surface area contributed by atoms with Crippen LogP contribution in [0.25, 0.3) is 11.2 Å². The molecule has 1 aliphatic heterocycles. The van der Waals surface area contributed by atoms with Crippen molar-refractivity contribution in [2.45, 2.75) is 69.9 Å². The number of aromatic nitrogens is 4. The summed E-state index contributed by atoms with van der Waals surface area (Å²) in [6, 6.07) is 7.58. The van der Waals surface area contributed by atoms with Gasteiger partial charge in [-0.25, -0.2) is 19.7 Å². The predicted molar refractivity (Wildman–Crippen MR) is 149 cm³/mol. The van der Waals surface area contributed by atoms with Crippen molar-refractivity contribution in [3.63, 3.8) is 0 Å². The van der Waals surface area contributed by atoms with Crippen LogP contribution in [-0.4, -0.2) is 85.2 Å². The number of aliphatic hydroxyl groups is 2. The van der Waals surface area contributed by atoms with Crippen molar-refractivity contribution in [2.24, 2.45) is 0 Å². The highest BCUT2D eigenvalue weighted by atomic mass is 16.5. The number of hydrogen-bond donors (Lipinski definition) is 5. The van der Waals surface area contributed by atoms with Crippen LogP contribution in [0.5, 0.6) is 0 Å². The van der Waals surface area contributed by atoms with Crippen LogP contribution in [0.4, 0.5) is 16.3 Å². The van der Waals surface area contributed by atoms with Crippen molar-refractivity contribution in [2.75, 3.05) is 37.8 Å². The minimum absolute atomic E-state index is 0.0460. The van der Waals surface area contributed by atoms with Crippen LogP contribution in [0, 0.1) is 0 Å². The van der Waals surface area contributed by atoms with E-state index in [9.17, 15) is 15.0 Å². The summed E-state index contributed by atoms with van der Waals surface area (Å²) in [5.74, 6) is 0.190. The minimum Gasteiger partial charge on any atom is -0.385 e. The Hall–Kier alpha value is -3.32. The number of carbonyl (C=O) groups excluding carboxylic acids is 1. The van der Waals surface area contributed by atoms with E-state index < -0.39 is 23.5 Å². The summed E-state index contributed by atoms with van der Waals surface area (Å²) in [6.07, 6.45) is 1.44. The number of fused-ring (bicyclic) bond motifs is 1. The first-order valence-corrected chi connectivity index (χ1v) is 13.0. The van der Waals surface area contributed by atoms with Crippen molar-refractivity contribution < 1.29 is 19.7 Å². The van der Waals surface area contributed by atoms with E-state index in [4.69, 9.17) is 10.5 Å². The molecule has 0 radical (unpaired) electrons. The van der Waals surface area contributed by atoms with Gasteiger partial charge in [0.05, 0.1) is 12.9 Å². The zero-order chi connectivity index (χ0) is 28.6. The molecule has 0 saturated carbocycles. The Morgan fingerprint density at radius 1 is 1.21 bits per heavy atom. The first-order chi connectivity index (χ1) is 18.2. The summed E-state index contributed by atoms with van der Waals surface area (Å²) in [5, 5.41) is 28.2. The van der Waals surface area contributed by atoms with Gasteiger partial charge in [-0.2, -0.15) is 0 Å². The molecule has 12 heteroatoms. The number of imidazole rings is 1. The SMILES string of the molecule is CN(CCC(C)(C)NC(=O)Nc1ccc(C(C)(C)C)cc1)C[C@H]1OC[C@](O)(n2cnc3c(N)ncnc32)[C@@H]1O. The van der Waals surface area contributed by atoms with Crippen LogP contribution in [0.15, 0.2) is 36.9 Å². The standard InChI is InChI=1S/C27H40N8O4/c1-25(2,3)17-7-9-18(10-8-17)32-24(37)33-26(4,5)11-12-34(6)13-19-21(36)27(38,14-39-19)35-16-31-20-22(28)29-15-30-23(20)35/h7-10,15-16,19,21,36,38H,11-14H2,1-6H3,(H2,28,29,30)(H2,32,33,37)/t19-,21-,27-/m1/s1. The molecule has 0 aliphatic carbocycles. The van der Waals surface area contributed by atoms with Gasteiger partial charge < -0.3 is 36.2 Å². The highest BCUT2D eigenvalue weighted by Gasteiger charge is 2.50. The molecule has 4 rings (SSSR count). The van der Waals surface area contributed by atoms with E-state index in [0.29, 0.717) is 30.7 Å². The van der Waals surface area contributed by atoms with Gasteiger partial charge in [0.15, 0.2) is 17.2 Å². The van der Waals surface area contributed by atoms with Crippen LogP contribution in [0.3, 0.4) is 0 Å². The van der Waals surface area contributed by atoms with Gasteiger partial charge >= 0.3 is 6.03 Å². The topological polar surface area (TPSA) is 164 Å². The van der Waals surface area contributed by atoms with Crippen molar-refractivity contribution in [3.8, 4) is 0 Å². The third kappa shape index (κ3) is 6.30. The predicted octanol–water partition coefficient (Wildman–Crippen LogP) is 2.03. The number of rotatable bonds is 8. The molecule has 0 unspecified atom stereocenters. The first-order valence-electron chi connectivity index (χ1n) is 13.0. The second-order valence-corrected chi connectivity index (χ2v) is 12.0. The highest BCUT2D eigenvalue weighted by molar-refractivity contribution is 5.89. The number of benzene rings is 1. The second-order valence-electron chi connectivity index (χ2n) is 12.0. The molecular formula is C27H40N8O4. The molecule has 39 heavy (non-hydrogen) atoms. The highest BCUT2D eigenvalue weighted by Crippen LogP contribution is 2.33. The number of nitrogens with zero attached hydrogens (tertiary/aromatic N) is 5. The Kier molecular flexibility index (Phi) is 7.86. The Bertz CT molecular complexity index is 1300. The van der Waals surface area contributed by atoms with Crippen molar-refractivity contribution >= 4 is 28.7 Å². The molecule has 3 atom stereocenters. The van der Waals surface area contributed by atoms with E-state index in [-0.39, 0.29) is 23.9 Å². The van der Waals surface area contributed by atoms with Gasteiger partial charge in [-0.15, -0.1) is 0 Å². The molecule has 2 amide bonds. The fourth-order valence-corrected chi connectivity index (χ4v) is 4.66. The number of anilines is 2. The number of aliphatic hydroxyl groups excluding tert-OH is 1. The maximum Gasteiger partial charge on any atom is 0.319 e. The quantitative estimate of drug-likeness (QED) is 0.288. The molecule has 6 N–H and O–H groups in total. The monoisotopic (exact) mass is 540 g/mol. The van der Waals surface area contributed by atoms with Gasteiger partial charge in [-0.3, -0.25) is 4.57 Å². The van der Waals surface area contributed by atoms with Crippen molar-refractivity contribution in [3.05, 3.63) is 42.5 Å². The Labute approximate surface area is 228 Å². The number of nitrogen functional groups attached to an aromatic ring is 1. The fraction of sp³-hybridized carbons (Fsp3) is 0.556. The van der Waals surface area contributed by atoms with Gasteiger partial charge in [-0.05, 0) is 50.4 Å². The maximum absolute atomic E-state index is 12.6. The summed E-state index contributed by atoms with van der Waals surface area (Å²) in [4.78, 5) is 26.9. The number of carbonyl (C=O) groups is 1. The van der Waals surface area contributed by atoms with Crippen molar-refractivity contribution in [1.82, 2.24) is 29.7 Å². The summed E-state index contributed by atoms with van der Waals surface area (Å²) in [5.41, 5.74) is 6.26. The molecule has 1 fully saturated rings. The Morgan fingerprint density at radius 3 is 2.56 bits per heavy atom. The van der Waals surface area contributed by atoms with E-state index in [2.05, 4.69) is 46.4 Å². The summed E-state index contributed by atoms with van der Waals surface area (Å²) < 4.78 is 7.18. The van der Waals surface area contributed by atoms with Gasteiger partial charge in [0, 0.05) is 24.3 Å². The number of nitrogens with two attached hydrogens (primary N) is 1. The molecule has 1 saturated heterocycles. The number of amides is 2. The first kappa shape index (κ1) is 28.7. The van der Waals surface area contributed by atoms with E-state index in [0.717, 1.165) is 5.69 Å². The molecule has 1 aliphatic rings. The van der Waals surface area contributed by atoms with Gasteiger partial charge in [0.25, 0.3) is 0 Å². The molecule has 2 aromatic heterocycles. The van der Waals surface area contributed by atoms with Gasteiger partial charge in [0.2, 0.25) is 0 Å². The minimum atomic E-state index is -1.74. The normalized spacial score (nSPS) is 22.0. The molecule has 1 aromatic carbocycles. The van der Waals surface area contributed by atoms with E-state index in [1.165, 1.54) is 22.8 Å². The molecule has 212 valence electrons. The summed E-state index contributed by atoms with van der Waals surface area (Å²) in [7, 11) is 1.90. The fourth-order valence-electron chi connectivity index (χ4n) is 4.66. The third-order valence-electron chi connectivity index (χ3n) is 7.19. The zero-order valence-electron chi connectivity index (χ0n) is 23.5. The average Bonchev–Trinajstić information content (AvgIpc) is 3.41. The van der Waals surface area contributed by atoms with E-state index in [1.807, 2.05) is 50.1 Å². The van der Waals surface area contributed by atoms with Crippen LogP contribution in [0.1, 0.15) is 46.6 Å². The number of ether oxygens (including phenoxy) is 1. The lowest BCUT2D eigenvalue weighted by atomic mass is 9.87. The van der Waals surface area contributed by atoms with E-state index >= 15 is 0 Å². The molecule has 12 nitrogen and oxygen atoms in total. The lowest BCUT2D eigenvalue weighted by Crippen LogP contribution is -2.49. The largest absolute Gasteiger partial charge is 0.385 e. The number of nitrogens with one attached hydrogen (secondary N) is 2. The van der Waals surface area contributed by atoms with Crippen LogP contribution >= 0.6 is 0 Å². The van der Waals surface area contributed by atoms with Crippen LogP contribution < -0.4 is 16.4 Å². The van der Waals surface area contributed by atoms with Gasteiger partial charge in [-0.1, -0.05) is 32.9 Å². The third-order valence-corrected chi connectivity index (χ3v) is 7.19. The van der Waals surface area contributed by atoms with Crippen molar-refractivity contribution in [1.29, 1.82) is 0 Å². The summed E-state index contributed by atoms with van der Waals surface area (Å²) >= 11 is 0. The van der Waals surface area contributed by atoms with E-state index in [1.54, 1.807) is 0 Å². The summed E-state index contributed by atoms with van der Waals surface area (Å²) in [6.45, 7) is 11.2. The lowest BCUT2D eigenvalue weighted by Gasteiger charge is -2.31. The molecule has 0 spiro atoms. The van der Waals surface area contributed by atoms with Gasteiger partial charge in [0.1, 0.15) is 24.1 Å². The Morgan fingerprint density at radius 2 is 1.90 bits per heavy atom. The molecular weight excluding hydrogens is 500 g/mol. The average molecular weight is 541 g/mol. The second kappa shape index (κ2) is 10.7. The lowest BCUT2D eigenvalue weighted by molar-refractivity contribution is -0.108. The number of likely N-dealkylation sites (N-methyl/N-ethyl adjacent to an activating group) is 1. The molecule has 0 bridgehead atoms. The number of hydrogen-bond acceptors (Lipinski definition) is 9.